The first-order chi connectivity index (χ1) is 42.2. The predicted octanol–water partition coefficient (Wildman–Crippen LogP) is -6.79. The van der Waals surface area contributed by atoms with E-state index in [0.29, 0.717) is 22.0 Å². The standard InChI is InChI=1S/C55H76N14O21/c1-24(2)16-34(49(83)64-35(17-26-8-10-28(72)11-9-26)50(84)67-38(55(89)90)20-42(59)75)63-52(86)37(21-44(78)79)66-48(82)33(13-15-41(58)74)62-54(88)45(25(3)71)69-53(87)39(23-70)68-51(85)36(18-27-22-60-31-7-5-4-6-29(27)31)65-47(81)32(12-14-40(57)73)61-46(80)30(56)19-43(76)77/h4-11,22,24-25,30,32-39,45,60,70-72H,12-21,23,56H2,1-3H3,(H2,57,73)(H2,58,74)(H2,59,75)(H,61,80)(H,62,88)(H,63,86)(H,64,83)(H,65,81)(H,66,82)(H,67,84)(H,68,85)(H,69,87)(H,76,77)(H,78,79)(H,89,90)/t25-,30+,32+,33+,34+,35+,36+,37+,38+,39+,45+/m1/s1. The van der Waals surface area contributed by atoms with Gasteiger partial charge in [-0.1, -0.05) is 44.2 Å². The maximum Gasteiger partial charge on any atom is 0.326 e. The molecule has 11 atom stereocenters. The van der Waals surface area contributed by atoms with E-state index < -0.39 is 213 Å². The number of rotatable bonds is 39. The number of H-pyrrole nitrogens is 1. The van der Waals surface area contributed by atoms with Gasteiger partial charge < -0.3 is 106 Å². The molecule has 0 radical (unpaired) electrons. The Morgan fingerprint density at radius 2 is 0.933 bits per heavy atom. The number of carboxylic acid groups (broad SMARTS) is 3. The number of benzene rings is 2. The van der Waals surface area contributed by atoms with Crippen LogP contribution in [0.5, 0.6) is 5.75 Å². The van der Waals surface area contributed by atoms with E-state index in [1.54, 1.807) is 38.1 Å². The Labute approximate surface area is 512 Å². The van der Waals surface area contributed by atoms with Gasteiger partial charge in [0.2, 0.25) is 70.9 Å². The Morgan fingerprint density at radius 1 is 0.489 bits per heavy atom. The molecule has 0 bridgehead atoms. The van der Waals surface area contributed by atoms with E-state index in [4.69, 9.17) is 28.0 Å². The van der Waals surface area contributed by atoms with E-state index in [2.05, 4.69) is 52.8 Å². The van der Waals surface area contributed by atoms with Gasteiger partial charge in [0, 0.05) is 42.8 Å². The van der Waals surface area contributed by atoms with Crippen LogP contribution < -0.4 is 70.8 Å². The summed E-state index contributed by atoms with van der Waals surface area (Å²) in [5.74, 6) is -19.6. The molecule has 0 unspecified atom stereocenters. The highest BCUT2D eigenvalue weighted by atomic mass is 16.4. The number of aromatic hydroxyl groups is 1. The second kappa shape index (κ2) is 35.5. The molecule has 0 fully saturated rings. The molecule has 0 aliphatic carbocycles. The molecule has 0 aliphatic rings. The number of phenols is 1. The van der Waals surface area contributed by atoms with Gasteiger partial charge in [-0.3, -0.25) is 67.1 Å². The average molecular weight is 1270 g/mol. The number of nitrogens with two attached hydrogens (primary N) is 4. The molecule has 90 heavy (non-hydrogen) atoms. The summed E-state index contributed by atoms with van der Waals surface area (Å²) in [6, 6.07) is -6.38. The van der Waals surface area contributed by atoms with Crippen LogP contribution in [0.15, 0.2) is 54.7 Å². The number of primary amides is 3. The van der Waals surface area contributed by atoms with Crippen molar-refractivity contribution in [3.8, 4) is 5.75 Å². The molecule has 0 aliphatic heterocycles. The third kappa shape index (κ3) is 24.8. The minimum absolute atomic E-state index is 0.174. The Balaban J connectivity index is 1.92. The van der Waals surface area contributed by atoms with Gasteiger partial charge in [0.15, 0.2) is 0 Å². The fourth-order valence-electron chi connectivity index (χ4n) is 8.71. The molecule has 2 aromatic carbocycles. The topological polar surface area (TPSA) is 606 Å². The highest BCUT2D eigenvalue weighted by Gasteiger charge is 2.38. The number of aliphatic hydroxyl groups is 2. The summed E-state index contributed by atoms with van der Waals surface area (Å²) in [5.41, 5.74) is 22.8. The molecular weight excluding hydrogens is 1190 g/mol. The number of fused-ring (bicyclic) bond motifs is 1. The van der Waals surface area contributed by atoms with Gasteiger partial charge in [-0.2, -0.15) is 0 Å². The zero-order valence-electron chi connectivity index (χ0n) is 49.0. The molecular formula is C55H76N14O21. The lowest BCUT2D eigenvalue weighted by atomic mass is 10.00. The zero-order valence-corrected chi connectivity index (χ0v) is 49.0. The Morgan fingerprint density at radius 3 is 1.43 bits per heavy atom. The van der Waals surface area contributed by atoms with Gasteiger partial charge in [-0.05, 0) is 61.4 Å². The van der Waals surface area contributed by atoms with Crippen molar-refractivity contribution in [2.75, 3.05) is 6.61 Å². The van der Waals surface area contributed by atoms with E-state index >= 15 is 0 Å². The number of aromatic amines is 1. The third-order valence-electron chi connectivity index (χ3n) is 13.3. The van der Waals surface area contributed by atoms with Crippen molar-refractivity contribution < 1.29 is 103 Å². The summed E-state index contributed by atoms with van der Waals surface area (Å²) in [6.07, 6.45) is -6.58. The number of aromatic nitrogens is 1. The predicted molar refractivity (Wildman–Crippen MR) is 310 cm³/mol. The van der Waals surface area contributed by atoms with Gasteiger partial charge in [0.05, 0.1) is 38.0 Å². The monoisotopic (exact) mass is 1270 g/mol. The fourth-order valence-corrected chi connectivity index (χ4v) is 8.71. The first-order valence-electron chi connectivity index (χ1n) is 27.8. The normalized spacial score (nSPS) is 14.7. The van der Waals surface area contributed by atoms with Crippen LogP contribution in [0.1, 0.15) is 83.3 Å². The second-order valence-electron chi connectivity index (χ2n) is 21.3. The number of para-hydroxylation sites is 1. The molecule has 3 aromatic rings. The zero-order chi connectivity index (χ0) is 67.7. The molecule has 492 valence electrons. The summed E-state index contributed by atoms with van der Waals surface area (Å²) in [6.45, 7) is 2.98. The van der Waals surface area contributed by atoms with Crippen molar-refractivity contribution in [1.29, 1.82) is 0 Å². The number of carboxylic acids is 3. The van der Waals surface area contributed by atoms with Crippen molar-refractivity contribution in [1.82, 2.24) is 52.8 Å². The smallest absolute Gasteiger partial charge is 0.326 e. The highest BCUT2D eigenvalue weighted by Crippen LogP contribution is 2.20. The maximum absolute atomic E-state index is 14.2. The maximum atomic E-state index is 14.2. The molecule has 12 amide bonds. The van der Waals surface area contributed by atoms with E-state index in [1.165, 1.54) is 30.5 Å². The van der Waals surface area contributed by atoms with Crippen LogP contribution in [0.25, 0.3) is 10.9 Å². The largest absolute Gasteiger partial charge is 0.508 e. The summed E-state index contributed by atoms with van der Waals surface area (Å²) >= 11 is 0. The van der Waals surface area contributed by atoms with Crippen LogP contribution >= 0.6 is 0 Å². The molecule has 0 saturated carbocycles. The highest BCUT2D eigenvalue weighted by molar-refractivity contribution is 6.00. The summed E-state index contributed by atoms with van der Waals surface area (Å²) in [7, 11) is 0. The van der Waals surface area contributed by atoms with Crippen LogP contribution in [-0.4, -0.2) is 198 Å². The van der Waals surface area contributed by atoms with Crippen molar-refractivity contribution in [2.24, 2.45) is 28.9 Å². The number of amides is 12. The number of nitrogens with one attached hydrogen (secondary N) is 10. The average Bonchev–Trinajstić information content (AvgIpc) is 1.74. The summed E-state index contributed by atoms with van der Waals surface area (Å²) in [4.78, 5) is 198. The first kappa shape index (κ1) is 74.0. The van der Waals surface area contributed by atoms with Gasteiger partial charge >= 0.3 is 17.9 Å². The Kier molecular flexibility index (Phi) is 29.2. The molecule has 35 heteroatoms. The van der Waals surface area contributed by atoms with Crippen LogP contribution in [0, 0.1) is 5.92 Å². The van der Waals surface area contributed by atoms with Gasteiger partial charge in [0.1, 0.15) is 60.1 Å². The number of carbonyl (C=O) groups excluding carboxylic acids is 12. The van der Waals surface area contributed by atoms with E-state index in [-0.39, 0.29) is 25.0 Å². The summed E-state index contributed by atoms with van der Waals surface area (Å²) < 4.78 is 0. The number of carbonyl (C=O) groups is 15. The SMILES string of the molecule is CC(C)C[C@H](NC(=O)[C@H](CC(=O)O)NC(=O)[C@H](CCC(N)=O)NC(=O)[C@@H](NC(=O)[C@H](CO)NC(=O)[C@H](Cc1c[nH]c2ccccc12)NC(=O)[C@H](CCC(N)=O)NC(=O)[C@@H](N)CC(=O)O)[C@@H](C)O)C(=O)N[C@@H](Cc1ccc(O)cc1)C(=O)N[C@@H](CC(N)=O)C(=O)O. The molecule has 0 saturated heterocycles. The van der Waals surface area contributed by atoms with Crippen molar-refractivity contribution in [3.05, 3.63) is 65.9 Å². The minimum atomic E-state index is -2.10. The number of hydrogen-bond acceptors (Lipinski definition) is 19. The third-order valence-corrected chi connectivity index (χ3v) is 13.3. The Hall–Kier alpha value is -10.3. The lowest BCUT2D eigenvalue weighted by Gasteiger charge is -2.28. The van der Waals surface area contributed by atoms with Crippen LogP contribution in [0.2, 0.25) is 0 Å². The first-order valence-corrected chi connectivity index (χ1v) is 27.8. The number of aliphatic carboxylic acids is 3. The molecule has 1 aromatic heterocycles. The quantitative estimate of drug-likeness (QED) is 0.0252. The lowest BCUT2D eigenvalue weighted by Crippen LogP contribution is -2.62. The molecule has 24 N–H and O–H groups in total. The number of aliphatic hydroxyl groups excluding tert-OH is 2. The van der Waals surface area contributed by atoms with E-state index in [1.807, 2.05) is 0 Å². The molecule has 1 heterocycles. The molecule has 3 rings (SSSR count). The minimum Gasteiger partial charge on any atom is -0.508 e. The van der Waals surface area contributed by atoms with E-state index in [0.717, 1.165) is 6.92 Å². The van der Waals surface area contributed by atoms with Gasteiger partial charge in [-0.25, -0.2) is 4.79 Å². The summed E-state index contributed by atoms with van der Waals surface area (Å²) in [5, 5.41) is 80.4. The number of hydrogen-bond donors (Lipinski definition) is 20. The van der Waals surface area contributed by atoms with Crippen LogP contribution in [0.3, 0.4) is 0 Å². The number of phenolic OH excluding ortho intramolecular Hbond substituents is 1. The fraction of sp³-hybridized carbons (Fsp3) is 0.473. The van der Waals surface area contributed by atoms with E-state index in [9.17, 15) is 97.5 Å². The molecule has 35 nitrogen and oxygen atoms in total. The van der Waals surface area contributed by atoms with Crippen molar-refractivity contribution in [2.45, 2.75) is 152 Å². The van der Waals surface area contributed by atoms with Crippen LogP contribution in [-0.2, 0) is 84.8 Å². The van der Waals surface area contributed by atoms with Gasteiger partial charge in [-0.15, -0.1) is 0 Å². The van der Waals surface area contributed by atoms with Crippen molar-refractivity contribution >= 4 is 99.7 Å². The van der Waals surface area contributed by atoms with Gasteiger partial charge in [0.25, 0.3) is 0 Å². The lowest BCUT2D eigenvalue weighted by molar-refractivity contribution is -0.143. The van der Waals surface area contributed by atoms with Crippen LogP contribution in [0.4, 0.5) is 0 Å². The Bertz CT molecular complexity index is 3120. The second-order valence-corrected chi connectivity index (χ2v) is 21.3. The van der Waals surface area contributed by atoms with Crippen molar-refractivity contribution in [3.63, 3.8) is 0 Å². The molecule has 0 spiro atoms.